The molecule has 2 N–H and O–H groups in total. The number of hydrogen-bond donors (Lipinski definition) is 1. The summed E-state index contributed by atoms with van der Waals surface area (Å²) < 4.78 is 3.75. The highest BCUT2D eigenvalue weighted by molar-refractivity contribution is 7.80. The van der Waals surface area contributed by atoms with Crippen LogP contribution < -0.4 is 5.73 Å². The van der Waals surface area contributed by atoms with Gasteiger partial charge in [0.2, 0.25) is 0 Å². The zero-order chi connectivity index (χ0) is 12.1. The summed E-state index contributed by atoms with van der Waals surface area (Å²) in [4.78, 5) is 14.7. The van der Waals surface area contributed by atoms with E-state index in [1.54, 1.807) is 11.8 Å². The Labute approximate surface area is 104 Å². The Balaban J connectivity index is 2.70. The summed E-state index contributed by atoms with van der Waals surface area (Å²) in [6.45, 7) is 4.86. The topological polar surface area (TPSA) is 72.1 Å². The number of thiocarbonyl (C=S) groups is 1. The number of hydrogen-bond acceptors (Lipinski definition) is 5. The van der Waals surface area contributed by atoms with Gasteiger partial charge in [-0.25, -0.2) is 0 Å². The number of carbonyl (C=O) groups is 1. The molecule has 1 amide bonds. The summed E-state index contributed by atoms with van der Waals surface area (Å²) in [5, 5.41) is 3.82. The van der Waals surface area contributed by atoms with E-state index in [9.17, 15) is 4.79 Å². The second-order valence-corrected chi connectivity index (χ2v) is 4.57. The minimum atomic E-state index is -0.0498. The van der Waals surface area contributed by atoms with Gasteiger partial charge in [-0.1, -0.05) is 16.7 Å². The summed E-state index contributed by atoms with van der Waals surface area (Å²) in [6.07, 6.45) is 0.542. The third-order valence-electron chi connectivity index (χ3n) is 2.14. The van der Waals surface area contributed by atoms with Gasteiger partial charge in [0.05, 0.1) is 10.7 Å². The van der Waals surface area contributed by atoms with Crippen molar-refractivity contribution in [3.05, 3.63) is 10.6 Å². The van der Waals surface area contributed by atoms with Crippen LogP contribution in [-0.2, 0) is 0 Å². The number of aromatic nitrogens is 2. The highest BCUT2D eigenvalue weighted by atomic mass is 32.1. The lowest BCUT2D eigenvalue weighted by atomic mass is 10.3. The van der Waals surface area contributed by atoms with Crippen LogP contribution in [0, 0.1) is 6.92 Å². The van der Waals surface area contributed by atoms with E-state index in [1.165, 1.54) is 0 Å². The van der Waals surface area contributed by atoms with E-state index in [0.29, 0.717) is 35.1 Å². The molecule has 0 fully saturated rings. The standard InChI is InChI=1S/C9H14N4OS2/c1-3-13(5-4-7(10)15)9(14)8-6(2)11-12-16-8/h3-5H2,1-2H3,(H2,10,15). The minimum Gasteiger partial charge on any atom is -0.393 e. The zero-order valence-electron chi connectivity index (χ0n) is 9.27. The summed E-state index contributed by atoms with van der Waals surface area (Å²) >= 11 is 5.91. The summed E-state index contributed by atoms with van der Waals surface area (Å²) in [5.41, 5.74) is 6.09. The van der Waals surface area contributed by atoms with Crippen molar-refractivity contribution < 1.29 is 4.79 Å². The highest BCUT2D eigenvalue weighted by Gasteiger charge is 2.19. The van der Waals surface area contributed by atoms with Crippen LogP contribution in [0.4, 0.5) is 0 Å². The Hall–Kier alpha value is -1.08. The molecule has 0 unspecified atom stereocenters. The lowest BCUT2D eigenvalue weighted by molar-refractivity contribution is 0.0773. The molecule has 7 heteroatoms. The van der Waals surface area contributed by atoms with E-state index in [1.807, 2.05) is 6.92 Å². The van der Waals surface area contributed by atoms with Crippen LogP contribution in [0.3, 0.4) is 0 Å². The first-order valence-electron chi connectivity index (χ1n) is 4.92. The molecule has 5 nitrogen and oxygen atoms in total. The van der Waals surface area contributed by atoms with E-state index in [4.69, 9.17) is 18.0 Å². The monoisotopic (exact) mass is 258 g/mol. The molecule has 0 aromatic carbocycles. The van der Waals surface area contributed by atoms with E-state index in [-0.39, 0.29) is 5.91 Å². The maximum absolute atomic E-state index is 12.0. The minimum absolute atomic E-state index is 0.0498. The van der Waals surface area contributed by atoms with Crippen molar-refractivity contribution in [3.63, 3.8) is 0 Å². The second kappa shape index (κ2) is 5.86. The van der Waals surface area contributed by atoms with Crippen molar-refractivity contribution in [1.29, 1.82) is 0 Å². The quantitative estimate of drug-likeness (QED) is 0.797. The van der Waals surface area contributed by atoms with Gasteiger partial charge < -0.3 is 10.6 Å². The Kier molecular flexibility index (Phi) is 4.75. The second-order valence-electron chi connectivity index (χ2n) is 3.29. The number of nitrogens with two attached hydrogens (primary N) is 1. The average molecular weight is 258 g/mol. The molecule has 0 saturated heterocycles. The maximum Gasteiger partial charge on any atom is 0.267 e. The molecule has 1 aromatic heterocycles. The highest BCUT2D eigenvalue weighted by Crippen LogP contribution is 2.12. The molecule has 1 aromatic rings. The lowest BCUT2D eigenvalue weighted by Gasteiger charge is -2.19. The fourth-order valence-corrected chi connectivity index (χ4v) is 1.94. The van der Waals surface area contributed by atoms with Crippen LogP contribution in [0.5, 0.6) is 0 Å². The van der Waals surface area contributed by atoms with Crippen molar-refractivity contribution in [2.24, 2.45) is 5.73 Å². The van der Waals surface area contributed by atoms with Gasteiger partial charge in [0.1, 0.15) is 4.88 Å². The van der Waals surface area contributed by atoms with Gasteiger partial charge in [0.25, 0.3) is 5.91 Å². The van der Waals surface area contributed by atoms with Gasteiger partial charge in [-0.3, -0.25) is 4.79 Å². The van der Waals surface area contributed by atoms with E-state index < -0.39 is 0 Å². The third kappa shape index (κ3) is 3.21. The van der Waals surface area contributed by atoms with Gasteiger partial charge in [-0.2, -0.15) is 0 Å². The molecular formula is C9H14N4OS2. The molecule has 0 aliphatic carbocycles. The summed E-state index contributed by atoms with van der Waals surface area (Å²) in [6, 6.07) is 0. The van der Waals surface area contributed by atoms with E-state index in [2.05, 4.69) is 9.59 Å². The molecule has 0 aliphatic heterocycles. The molecule has 0 radical (unpaired) electrons. The Morgan fingerprint density at radius 2 is 2.31 bits per heavy atom. The SMILES string of the molecule is CCN(CCC(N)=S)C(=O)c1snnc1C. The number of aryl methyl sites for hydroxylation is 1. The van der Waals surface area contributed by atoms with Crippen LogP contribution >= 0.6 is 23.8 Å². The van der Waals surface area contributed by atoms with Gasteiger partial charge in [-0.15, -0.1) is 5.10 Å². The van der Waals surface area contributed by atoms with Crippen LogP contribution in [-0.4, -0.2) is 38.5 Å². The first-order chi connectivity index (χ1) is 7.56. The smallest absolute Gasteiger partial charge is 0.267 e. The molecule has 0 saturated carbocycles. The molecule has 1 rings (SSSR count). The van der Waals surface area contributed by atoms with Crippen molar-refractivity contribution in [2.75, 3.05) is 13.1 Å². The van der Waals surface area contributed by atoms with E-state index in [0.717, 1.165) is 11.5 Å². The fourth-order valence-electron chi connectivity index (χ4n) is 1.22. The van der Waals surface area contributed by atoms with Gasteiger partial charge in [0.15, 0.2) is 0 Å². The normalized spacial score (nSPS) is 10.1. The van der Waals surface area contributed by atoms with E-state index >= 15 is 0 Å². The fraction of sp³-hybridized carbons (Fsp3) is 0.556. The van der Waals surface area contributed by atoms with Gasteiger partial charge in [-0.05, 0) is 25.4 Å². The Morgan fingerprint density at radius 1 is 1.62 bits per heavy atom. The molecule has 0 bridgehead atoms. The van der Waals surface area contributed by atoms with Crippen LogP contribution in [0.2, 0.25) is 0 Å². The van der Waals surface area contributed by atoms with Crippen LogP contribution in [0.25, 0.3) is 0 Å². The van der Waals surface area contributed by atoms with Crippen molar-refractivity contribution >= 4 is 34.6 Å². The van der Waals surface area contributed by atoms with Crippen molar-refractivity contribution in [1.82, 2.24) is 14.5 Å². The number of carbonyl (C=O) groups excluding carboxylic acids is 1. The average Bonchev–Trinajstić information content (AvgIpc) is 2.64. The molecule has 0 atom stereocenters. The number of rotatable bonds is 5. The molecule has 0 spiro atoms. The summed E-state index contributed by atoms with van der Waals surface area (Å²) in [5.74, 6) is -0.0498. The van der Waals surface area contributed by atoms with Crippen molar-refractivity contribution in [2.45, 2.75) is 20.3 Å². The predicted molar refractivity (Wildman–Crippen MR) is 67.6 cm³/mol. The molecule has 0 aliphatic rings. The lowest BCUT2D eigenvalue weighted by Crippen LogP contribution is -2.33. The number of amides is 1. The first kappa shape index (κ1) is 13.0. The largest absolute Gasteiger partial charge is 0.393 e. The predicted octanol–water partition coefficient (Wildman–Crippen LogP) is 0.985. The molecular weight excluding hydrogens is 244 g/mol. The van der Waals surface area contributed by atoms with Crippen molar-refractivity contribution in [3.8, 4) is 0 Å². The van der Waals surface area contributed by atoms with Crippen LogP contribution in [0.1, 0.15) is 28.7 Å². The Morgan fingerprint density at radius 3 is 2.75 bits per heavy atom. The van der Waals surface area contributed by atoms with Gasteiger partial charge >= 0.3 is 0 Å². The first-order valence-corrected chi connectivity index (χ1v) is 6.11. The van der Waals surface area contributed by atoms with Crippen LogP contribution in [0.15, 0.2) is 0 Å². The zero-order valence-corrected chi connectivity index (χ0v) is 10.9. The molecule has 16 heavy (non-hydrogen) atoms. The third-order valence-corrected chi connectivity index (χ3v) is 3.16. The van der Waals surface area contributed by atoms with Gasteiger partial charge in [0, 0.05) is 19.5 Å². The molecule has 1 heterocycles. The molecule has 88 valence electrons. The number of nitrogens with zero attached hydrogens (tertiary/aromatic N) is 3. The summed E-state index contributed by atoms with van der Waals surface area (Å²) in [7, 11) is 0. The maximum atomic E-state index is 12.0. The Bertz CT molecular complexity index is 391.